The molecular weight excluding hydrogens is 257 g/mol. The molecule has 1 aromatic carbocycles. The first kappa shape index (κ1) is 13.1. The number of hydrogen-bond donors (Lipinski definition) is 2. The van der Waals surface area contributed by atoms with Crippen LogP contribution in [0.4, 0.5) is 30.5 Å². The molecule has 0 fully saturated rings. The Labute approximate surface area is 107 Å². The molecular formula is C12H11F3N4. The second-order valence-electron chi connectivity index (χ2n) is 3.98. The fourth-order valence-electron chi connectivity index (χ4n) is 1.51. The maximum atomic E-state index is 12.6. The Balaban J connectivity index is 2.34. The van der Waals surface area contributed by atoms with Crippen molar-refractivity contribution in [3.8, 4) is 0 Å². The molecule has 0 bridgehead atoms. The van der Waals surface area contributed by atoms with E-state index < -0.39 is 11.7 Å². The van der Waals surface area contributed by atoms with Crippen LogP contribution in [0.3, 0.4) is 0 Å². The lowest BCUT2D eigenvalue weighted by atomic mass is 10.1. The molecule has 2 rings (SSSR count). The molecule has 0 aliphatic rings. The fraction of sp³-hybridized carbons (Fsp3) is 0.167. The van der Waals surface area contributed by atoms with E-state index in [-0.39, 0.29) is 5.82 Å². The van der Waals surface area contributed by atoms with Crippen LogP contribution in [0.25, 0.3) is 0 Å². The van der Waals surface area contributed by atoms with Gasteiger partial charge >= 0.3 is 6.18 Å². The van der Waals surface area contributed by atoms with Gasteiger partial charge in [0.2, 0.25) is 0 Å². The smallest absolute Gasteiger partial charge is 0.384 e. The van der Waals surface area contributed by atoms with E-state index in [4.69, 9.17) is 5.73 Å². The van der Waals surface area contributed by atoms with Crippen molar-refractivity contribution >= 4 is 17.3 Å². The first-order valence-electron chi connectivity index (χ1n) is 5.38. The van der Waals surface area contributed by atoms with Gasteiger partial charge < -0.3 is 11.1 Å². The summed E-state index contributed by atoms with van der Waals surface area (Å²) in [5, 5.41) is 2.79. The van der Waals surface area contributed by atoms with E-state index in [0.717, 1.165) is 12.1 Å². The standard InChI is InChI=1S/C12H11F3N4/c1-7-2-3-8(12(13,14)15)4-9(7)19-11-5-10(16)17-6-18-11/h2-6H,1H3,(H3,16,17,18,19). The van der Waals surface area contributed by atoms with Gasteiger partial charge in [0.25, 0.3) is 0 Å². The predicted octanol–water partition coefficient (Wildman–Crippen LogP) is 3.13. The molecule has 0 saturated carbocycles. The van der Waals surface area contributed by atoms with Gasteiger partial charge in [0.15, 0.2) is 0 Å². The number of aryl methyl sites for hydroxylation is 1. The minimum atomic E-state index is -4.38. The van der Waals surface area contributed by atoms with E-state index in [1.165, 1.54) is 18.5 Å². The van der Waals surface area contributed by atoms with E-state index in [1.807, 2.05) is 0 Å². The third-order valence-corrected chi connectivity index (χ3v) is 2.52. The van der Waals surface area contributed by atoms with Crippen LogP contribution in [0.1, 0.15) is 11.1 Å². The summed E-state index contributed by atoms with van der Waals surface area (Å²) in [4.78, 5) is 7.59. The number of halogens is 3. The highest BCUT2D eigenvalue weighted by molar-refractivity contribution is 5.62. The van der Waals surface area contributed by atoms with Gasteiger partial charge in [-0.1, -0.05) is 6.07 Å². The SMILES string of the molecule is Cc1ccc(C(F)(F)F)cc1Nc1cc(N)ncn1. The molecule has 0 spiro atoms. The molecule has 2 aromatic rings. The van der Waals surface area contributed by atoms with E-state index >= 15 is 0 Å². The van der Waals surface area contributed by atoms with Crippen molar-refractivity contribution in [2.45, 2.75) is 13.1 Å². The Hall–Kier alpha value is -2.31. The minimum Gasteiger partial charge on any atom is -0.384 e. The Kier molecular flexibility index (Phi) is 3.28. The van der Waals surface area contributed by atoms with Crippen molar-refractivity contribution in [3.63, 3.8) is 0 Å². The van der Waals surface area contributed by atoms with Crippen LogP contribution in [-0.4, -0.2) is 9.97 Å². The van der Waals surface area contributed by atoms with Crippen LogP contribution in [0.15, 0.2) is 30.6 Å². The quantitative estimate of drug-likeness (QED) is 0.878. The molecule has 0 amide bonds. The van der Waals surface area contributed by atoms with Gasteiger partial charge in [-0.05, 0) is 24.6 Å². The first-order valence-corrected chi connectivity index (χ1v) is 5.38. The van der Waals surface area contributed by atoms with Crippen LogP contribution >= 0.6 is 0 Å². The summed E-state index contributed by atoms with van der Waals surface area (Å²) in [6, 6.07) is 4.91. The monoisotopic (exact) mass is 268 g/mol. The zero-order valence-electron chi connectivity index (χ0n) is 9.99. The van der Waals surface area contributed by atoms with Crippen LogP contribution in [0, 0.1) is 6.92 Å². The van der Waals surface area contributed by atoms with Gasteiger partial charge in [-0.3, -0.25) is 0 Å². The summed E-state index contributed by atoms with van der Waals surface area (Å²) in [6.07, 6.45) is -3.14. The molecule has 0 saturated heterocycles. The van der Waals surface area contributed by atoms with Gasteiger partial charge in [-0.25, -0.2) is 9.97 Å². The minimum absolute atomic E-state index is 0.238. The first-order chi connectivity index (χ1) is 8.86. The fourth-order valence-corrected chi connectivity index (χ4v) is 1.51. The molecule has 1 heterocycles. The number of alkyl halides is 3. The van der Waals surface area contributed by atoms with Crippen LogP contribution in [-0.2, 0) is 6.18 Å². The number of nitrogens with zero attached hydrogens (tertiary/aromatic N) is 2. The number of hydrogen-bond acceptors (Lipinski definition) is 4. The number of nitrogens with one attached hydrogen (secondary N) is 1. The van der Waals surface area contributed by atoms with Crippen molar-refractivity contribution in [2.24, 2.45) is 0 Å². The van der Waals surface area contributed by atoms with E-state index in [2.05, 4.69) is 15.3 Å². The molecule has 19 heavy (non-hydrogen) atoms. The Morgan fingerprint density at radius 2 is 1.89 bits per heavy atom. The molecule has 7 heteroatoms. The molecule has 0 unspecified atom stereocenters. The van der Waals surface area contributed by atoms with Crippen LogP contribution in [0.2, 0.25) is 0 Å². The van der Waals surface area contributed by atoms with E-state index in [9.17, 15) is 13.2 Å². The van der Waals surface area contributed by atoms with Crippen molar-refractivity contribution in [3.05, 3.63) is 41.7 Å². The molecule has 0 radical (unpaired) electrons. The summed E-state index contributed by atoms with van der Waals surface area (Å²) < 4.78 is 37.9. The molecule has 100 valence electrons. The molecule has 3 N–H and O–H groups in total. The number of benzene rings is 1. The van der Waals surface area contributed by atoms with Crippen molar-refractivity contribution in [1.82, 2.24) is 9.97 Å². The van der Waals surface area contributed by atoms with E-state index in [1.54, 1.807) is 6.92 Å². The van der Waals surface area contributed by atoms with Gasteiger partial charge in [-0.15, -0.1) is 0 Å². The maximum absolute atomic E-state index is 12.6. The largest absolute Gasteiger partial charge is 0.416 e. The maximum Gasteiger partial charge on any atom is 0.416 e. The van der Waals surface area contributed by atoms with E-state index in [0.29, 0.717) is 17.1 Å². The number of anilines is 3. The van der Waals surface area contributed by atoms with Gasteiger partial charge in [0.1, 0.15) is 18.0 Å². The van der Waals surface area contributed by atoms with Gasteiger partial charge in [0, 0.05) is 11.8 Å². The summed E-state index contributed by atoms with van der Waals surface area (Å²) in [6.45, 7) is 1.70. The highest BCUT2D eigenvalue weighted by Gasteiger charge is 2.30. The lowest BCUT2D eigenvalue weighted by Gasteiger charge is -2.12. The van der Waals surface area contributed by atoms with Gasteiger partial charge in [0.05, 0.1) is 5.56 Å². The lowest BCUT2D eigenvalue weighted by Crippen LogP contribution is -2.06. The lowest BCUT2D eigenvalue weighted by molar-refractivity contribution is -0.137. The molecule has 0 aliphatic heterocycles. The molecule has 0 atom stereocenters. The number of aromatic nitrogens is 2. The third-order valence-electron chi connectivity index (χ3n) is 2.52. The number of nitrogen functional groups attached to an aromatic ring is 1. The van der Waals surface area contributed by atoms with Crippen molar-refractivity contribution in [1.29, 1.82) is 0 Å². The summed E-state index contributed by atoms with van der Waals surface area (Å²) in [7, 11) is 0. The Bertz CT molecular complexity index is 596. The third kappa shape index (κ3) is 3.12. The normalized spacial score (nSPS) is 11.4. The molecule has 4 nitrogen and oxygen atoms in total. The average molecular weight is 268 g/mol. The topological polar surface area (TPSA) is 63.8 Å². The second-order valence-corrected chi connectivity index (χ2v) is 3.98. The summed E-state index contributed by atoms with van der Waals surface area (Å²) in [5.74, 6) is 0.581. The highest BCUT2D eigenvalue weighted by atomic mass is 19.4. The predicted molar refractivity (Wildman–Crippen MR) is 65.9 cm³/mol. The van der Waals surface area contributed by atoms with Crippen LogP contribution in [0.5, 0.6) is 0 Å². The zero-order chi connectivity index (χ0) is 14.0. The highest BCUT2D eigenvalue weighted by Crippen LogP contribution is 2.32. The average Bonchev–Trinajstić information content (AvgIpc) is 2.30. The van der Waals surface area contributed by atoms with Crippen molar-refractivity contribution < 1.29 is 13.2 Å². The van der Waals surface area contributed by atoms with Crippen LogP contribution < -0.4 is 11.1 Å². The summed E-state index contributed by atoms with van der Waals surface area (Å²) >= 11 is 0. The second kappa shape index (κ2) is 4.75. The zero-order valence-corrected chi connectivity index (χ0v) is 9.99. The number of rotatable bonds is 2. The molecule has 1 aromatic heterocycles. The Morgan fingerprint density at radius 1 is 1.16 bits per heavy atom. The Morgan fingerprint density at radius 3 is 2.53 bits per heavy atom. The number of nitrogens with two attached hydrogens (primary N) is 1. The summed E-state index contributed by atoms with van der Waals surface area (Å²) in [5.41, 5.74) is 5.76. The van der Waals surface area contributed by atoms with Crippen molar-refractivity contribution in [2.75, 3.05) is 11.1 Å². The molecule has 0 aliphatic carbocycles. The van der Waals surface area contributed by atoms with Gasteiger partial charge in [-0.2, -0.15) is 13.2 Å².